The van der Waals surface area contributed by atoms with E-state index in [1.54, 1.807) is 19.1 Å². The van der Waals surface area contributed by atoms with Crippen LogP contribution in [-0.4, -0.2) is 55.4 Å². The van der Waals surface area contributed by atoms with Crippen LogP contribution in [0.5, 0.6) is 5.75 Å². The average Bonchev–Trinajstić information content (AvgIpc) is 2.49. The summed E-state index contributed by atoms with van der Waals surface area (Å²) in [6, 6.07) is 7.05. The lowest BCUT2D eigenvalue weighted by molar-refractivity contribution is -0.148. The van der Waals surface area contributed by atoms with Gasteiger partial charge in [-0.2, -0.15) is 0 Å². The molecule has 0 aliphatic carbocycles. The normalized spacial score (nSPS) is 11.9. The Bertz CT molecular complexity index is 492. The van der Waals surface area contributed by atoms with E-state index < -0.39 is 0 Å². The van der Waals surface area contributed by atoms with Gasteiger partial charge in [-0.25, -0.2) is 4.79 Å². The van der Waals surface area contributed by atoms with Gasteiger partial charge in [0.25, 0.3) is 0 Å². The number of phenols is 1. The predicted molar refractivity (Wildman–Crippen MR) is 84.5 cm³/mol. The monoisotopic (exact) mass is 305 g/mol. The van der Waals surface area contributed by atoms with Crippen molar-refractivity contribution in [3.05, 3.63) is 29.8 Å². The highest BCUT2D eigenvalue weighted by Crippen LogP contribution is 2.13. The second-order valence-corrected chi connectivity index (χ2v) is 4.96. The summed E-state index contributed by atoms with van der Waals surface area (Å²) < 4.78 is 10.3. The van der Waals surface area contributed by atoms with E-state index in [0.29, 0.717) is 26.2 Å². The van der Waals surface area contributed by atoms with Gasteiger partial charge in [-0.05, 0) is 38.1 Å². The molecule has 0 amide bonds. The smallest absolute Gasteiger partial charge is 0.332 e. The highest BCUT2D eigenvalue weighted by Gasteiger charge is 2.16. The van der Waals surface area contributed by atoms with Crippen molar-refractivity contribution in [3.8, 4) is 18.1 Å². The Labute approximate surface area is 131 Å². The maximum absolute atomic E-state index is 11.3. The van der Waals surface area contributed by atoms with Crippen LogP contribution < -0.4 is 0 Å². The van der Waals surface area contributed by atoms with Gasteiger partial charge in [0.1, 0.15) is 12.4 Å². The molecule has 120 valence electrons. The van der Waals surface area contributed by atoms with Gasteiger partial charge in [0.05, 0.1) is 19.8 Å². The molecule has 5 heteroatoms. The minimum Gasteiger partial charge on any atom is -0.508 e. The second-order valence-electron chi connectivity index (χ2n) is 4.96. The first-order chi connectivity index (χ1) is 10.6. The molecule has 1 rings (SSSR count). The standard InChI is InChI=1S/C17H23NO4/c1-4-10-18(3)15(12-21-13-17(20)22-5-2)11-14-6-8-16(19)9-7-14/h1,6-9,15,19H,5,10-13H2,2-3H3/t15-/m0/s1. The number of ether oxygens (including phenoxy) is 2. The number of benzene rings is 1. The van der Waals surface area contributed by atoms with Crippen LogP contribution in [0, 0.1) is 12.3 Å². The van der Waals surface area contributed by atoms with Gasteiger partial charge < -0.3 is 14.6 Å². The quantitative estimate of drug-likeness (QED) is 0.553. The minimum absolute atomic E-state index is 0.0371. The highest BCUT2D eigenvalue weighted by atomic mass is 16.6. The van der Waals surface area contributed by atoms with Crippen LogP contribution in [0.25, 0.3) is 0 Å². The summed E-state index contributed by atoms with van der Waals surface area (Å²) in [5, 5.41) is 9.32. The molecule has 0 aromatic heterocycles. The van der Waals surface area contributed by atoms with Crippen molar-refractivity contribution in [1.82, 2.24) is 4.90 Å². The fourth-order valence-corrected chi connectivity index (χ4v) is 2.00. The lowest BCUT2D eigenvalue weighted by Crippen LogP contribution is -2.38. The van der Waals surface area contributed by atoms with Gasteiger partial charge in [0.15, 0.2) is 0 Å². The third-order valence-corrected chi connectivity index (χ3v) is 3.21. The molecular weight excluding hydrogens is 282 g/mol. The van der Waals surface area contributed by atoms with Crippen LogP contribution in [0.15, 0.2) is 24.3 Å². The summed E-state index contributed by atoms with van der Waals surface area (Å²) in [7, 11) is 1.92. The van der Waals surface area contributed by atoms with Crippen LogP contribution in [-0.2, 0) is 20.7 Å². The van der Waals surface area contributed by atoms with Crippen molar-refractivity contribution in [1.29, 1.82) is 0 Å². The van der Waals surface area contributed by atoms with Crippen LogP contribution >= 0.6 is 0 Å². The number of terminal acetylenes is 1. The number of rotatable bonds is 9. The number of carbonyl (C=O) groups is 1. The first kappa shape index (κ1) is 18.0. The zero-order valence-corrected chi connectivity index (χ0v) is 13.1. The first-order valence-corrected chi connectivity index (χ1v) is 7.21. The molecule has 1 N–H and O–H groups in total. The van der Waals surface area contributed by atoms with Crippen LogP contribution in [0.4, 0.5) is 0 Å². The van der Waals surface area contributed by atoms with Crippen molar-refractivity contribution in [3.63, 3.8) is 0 Å². The van der Waals surface area contributed by atoms with Gasteiger partial charge in [0, 0.05) is 6.04 Å². The summed E-state index contributed by atoms with van der Waals surface area (Å²) in [5.74, 6) is 2.46. The molecule has 1 atom stereocenters. The van der Waals surface area contributed by atoms with Crippen molar-refractivity contribution in [2.24, 2.45) is 0 Å². The maximum atomic E-state index is 11.3. The molecule has 0 saturated heterocycles. The highest BCUT2D eigenvalue weighted by molar-refractivity contribution is 5.70. The van der Waals surface area contributed by atoms with Crippen molar-refractivity contribution < 1.29 is 19.4 Å². The maximum Gasteiger partial charge on any atom is 0.332 e. The zero-order valence-electron chi connectivity index (χ0n) is 13.1. The Balaban J connectivity index is 2.58. The van der Waals surface area contributed by atoms with Crippen molar-refractivity contribution in [2.45, 2.75) is 19.4 Å². The second kappa shape index (κ2) is 9.82. The van der Waals surface area contributed by atoms with E-state index in [0.717, 1.165) is 5.56 Å². The lowest BCUT2D eigenvalue weighted by Gasteiger charge is -2.26. The van der Waals surface area contributed by atoms with Crippen LogP contribution in [0.2, 0.25) is 0 Å². The molecule has 5 nitrogen and oxygen atoms in total. The van der Waals surface area contributed by atoms with Crippen LogP contribution in [0.3, 0.4) is 0 Å². The van der Waals surface area contributed by atoms with Gasteiger partial charge in [-0.1, -0.05) is 18.1 Å². The lowest BCUT2D eigenvalue weighted by atomic mass is 10.1. The Morgan fingerprint density at radius 2 is 2.09 bits per heavy atom. The van der Waals surface area contributed by atoms with E-state index in [2.05, 4.69) is 5.92 Å². The van der Waals surface area contributed by atoms with E-state index in [1.165, 1.54) is 0 Å². The van der Waals surface area contributed by atoms with E-state index in [1.807, 2.05) is 24.1 Å². The fourth-order valence-electron chi connectivity index (χ4n) is 2.00. The first-order valence-electron chi connectivity index (χ1n) is 7.21. The molecule has 0 heterocycles. The molecule has 0 radical (unpaired) electrons. The Kier molecular flexibility index (Phi) is 8.05. The largest absolute Gasteiger partial charge is 0.508 e. The molecule has 0 aliphatic heterocycles. The number of nitrogens with zero attached hydrogens (tertiary/aromatic N) is 1. The van der Waals surface area contributed by atoms with E-state index in [9.17, 15) is 9.90 Å². The van der Waals surface area contributed by atoms with Gasteiger partial charge in [0.2, 0.25) is 0 Å². The molecule has 1 aromatic rings. The molecule has 1 aromatic carbocycles. The molecule has 0 bridgehead atoms. The molecular formula is C17H23NO4. The molecule has 0 spiro atoms. The SMILES string of the molecule is C#CCN(C)[C@H](COCC(=O)OCC)Cc1ccc(O)cc1. The summed E-state index contributed by atoms with van der Waals surface area (Å²) in [4.78, 5) is 13.3. The number of carbonyl (C=O) groups excluding carboxylic acids is 1. The van der Waals surface area contributed by atoms with Crippen LogP contribution in [0.1, 0.15) is 12.5 Å². The van der Waals surface area contributed by atoms with Gasteiger partial charge in [-0.15, -0.1) is 6.42 Å². The number of likely N-dealkylation sites (N-methyl/N-ethyl adjacent to an activating group) is 1. The Hall–Kier alpha value is -2.03. The Morgan fingerprint density at radius 3 is 2.68 bits per heavy atom. The predicted octanol–water partition coefficient (Wildman–Crippen LogP) is 1.45. The summed E-state index contributed by atoms with van der Waals surface area (Å²) in [6.07, 6.45) is 6.07. The number of esters is 1. The van der Waals surface area contributed by atoms with E-state index in [4.69, 9.17) is 15.9 Å². The third kappa shape index (κ3) is 6.61. The topological polar surface area (TPSA) is 59.0 Å². The number of aromatic hydroxyl groups is 1. The Morgan fingerprint density at radius 1 is 1.41 bits per heavy atom. The summed E-state index contributed by atoms with van der Waals surface area (Å²) >= 11 is 0. The number of phenolic OH excluding ortho intramolecular Hbond substituents is 1. The number of hydrogen-bond donors (Lipinski definition) is 1. The molecule has 0 aliphatic rings. The third-order valence-electron chi connectivity index (χ3n) is 3.21. The zero-order chi connectivity index (χ0) is 16.4. The summed E-state index contributed by atoms with van der Waals surface area (Å²) in [6.45, 7) is 2.90. The van der Waals surface area contributed by atoms with Crippen molar-refractivity contribution in [2.75, 3.05) is 33.4 Å². The fraction of sp³-hybridized carbons (Fsp3) is 0.471. The van der Waals surface area contributed by atoms with E-state index in [-0.39, 0.29) is 24.4 Å². The molecule has 0 saturated carbocycles. The summed E-state index contributed by atoms with van der Waals surface area (Å²) in [5.41, 5.74) is 1.06. The van der Waals surface area contributed by atoms with Gasteiger partial charge in [-0.3, -0.25) is 4.90 Å². The van der Waals surface area contributed by atoms with Gasteiger partial charge >= 0.3 is 5.97 Å². The molecule has 0 fully saturated rings. The molecule has 22 heavy (non-hydrogen) atoms. The number of hydrogen-bond acceptors (Lipinski definition) is 5. The van der Waals surface area contributed by atoms with E-state index >= 15 is 0 Å². The minimum atomic E-state index is -0.370. The molecule has 0 unspecified atom stereocenters. The van der Waals surface area contributed by atoms with Crippen molar-refractivity contribution >= 4 is 5.97 Å². The average molecular weight is 305 g/mol.